The number of benzene rings is 3. The van der Waals surface area contributed by atoms with Gasteiger partial charge in [0, 0.05) is 17.0 Å². The third-order valence-corrected chi connectivity index (χ3v) is 6.07. The van der Waals surface area contributed by atoms with Crippen molar-refractivity contribution in [2.24, 2.45) is 5.10 Å². The summed E-state index contributed by atoms with van der Waals surface area (Å²) in [5, 5.41) is 7.62. The van der Waals surface area contributed by atoms with Crippen LogP contribution in [0.2, 0.25) is 10.0 Å². The van der Waals surface area contributed by atoms with Crippen LogP contribution in [0.3, 0.4) is 0 Å². The average Bonchev–Trinajstić information content (AvgIpc) is 2.91. The molecule has 0 aliphatic heterocycles. The van der Waals surface area contributed by atoms with Crippen LogP contribution in [-0.2, 0) is 16.0 Å². The quantitative estimate of drug-likeness (QED) is 0.158. The molecule has 0 aromatic heterocycles. The summed E-state index contributed by atoms with van der Waals surface area (Å²) in [6.45, 7) is 4.27. The van der Waals surface area contributed by atoms with Gasteiger partial charge in [-0.1, -0.05) is 79.0 Å². The molecular weight excluding hydrogens is 525 g/mol. The van der Waals surface area contributed by atoms with Gasteiger partial charge in [-0.25, -0.2) is 5.43 Å². The summed E-state index contributed by atoms with van der Waals surface area (Å²) in [7, 11) is 0. The number of amides is 2. The van der Waals surface area contributed by atoms with Gasteiger partial charge < -0.3 is 14.8 Å². The first-order chi connectivity index (χ1) is 18.4. The van der Waals surface area contributed by atoms with Crippen molar-refractivity contribution in [2.45, 2.75) is 45.3 Å². The Hall–Kier alpha value is -3.55. The maximum atomic E-state index is 13.1. The second-order valence-electron chi connectivity index (χ2n) is 8.56. The number of rotatable bonds is 13. The van der Waals surface area contributed by atoms with Crippen molar-refractivity contribution in [3.05, 3.63) is 94.0 Å². The summed E-state index contributed by atoms with van der Waals surface area (Å²) in [5.41, 5.74) is 4.15. The molecule has 0 unspecified atom stereocenters. The van der Waals surface area contributed by atoms with Gasteiger partial charge in [-0.3, -0.25) is 9.59 Å². The van der Waals surface area contributed by atoms with E-state index in [0.717, 1.165) is 24.0 Å². The van der Waals surface area contributed by atoms with Crippen molar-refractivity contribution < 1.29 is 19.1 Å². The fourth-order valence-corrected chi connectivity index (χ4v) is 3.90. The molecule has 200 valence electrons. The summed E-state index contributed by atoms with van der Waals surface area (Å²) >= 11 is 12.1. The van der Waals surface area contributed by atoms with Crippen molar-refractivity contribution in [1.29, 1.82) is 0 Å². The number of nitrogens with one attached hydrogen (secondary N) is 2. The molecule has 0 heterocycles. The minimum Gasteiger partial charge on any atom is -0.493 e. The van der Waals surface area contributed by atoms with Crippen LogP contribution < -0.4 is 20.2 Å². The van der Waals surface area contributed by atoms with Crippen LogP contribution in [0.4, 0.5) is 0 Å². The van der Waals surface area contributed by atoms with Crippen molar-refractivity contribution >= 4 is 41.2 Å². The van der Waals surface area contributed by atoms with E-state index in [1.54, 1.807) is 19.1 Å². The molecule has 2 amide bonds. The second-order valence-corrected chi connectivity index (χ2v) is 9.40. The molecular formula is C29H31Cl2N3O4. The van der Waals surface area contributed by atoms with Gasteiger partial charge in [-0.2, -0.15) is 5.10 Å². The van der Waals surface area contributed by atoms with E-state index in [0.29, 0.717) is 23.1 Å². The first kappa shape index (κ1) is 29.0. The van der Waals surface area contributed by atoms with Crippen molar-refractivity contribution in [1.82, 2.24) is 10.7 Å². The normalized spacial score (nSPS) is 12.5. The van der Waals surface area contributed by atoms with Crippen molar-refractivity contribution in [3.8, 4) is 11.5 Å². The van der Waals surface area contributed by atoms with Gasteiger partial charge in [0.2, 0.25) is 0 Å². The minimum atomic E-state index is -0.921. The first-order valence-corrected chi connectivity index (χ1v) is 13.1. The van der Waals surface area contributed by atoms with Crippen LogP contribution in [-0.4, -0.2) is 36.8 Å². The van der Waals surface area contributed by atoms with Crippen molar-refractivity contribution in [3.63, 3.8) is 0 Å². The number of hydrogen-bond acceptors (Lipinski definition) is 5. The zero-order valence-electron chi connectivity index (χ0n) is 21.3. The molecule has 2 atom stereocenters. The highest BCUT2D eigenvalue weighted by molar-refractivity contribution is 6.35. The summed E-state index contributed by atoms with van der Waals surface area (Å²) in [6, 6.07) is 20.7. The number of carbonyl (C=O) groups is 2. The van der Waals surface area contributed by atoms with Crippen LogP contribution in [0.5, 0.6) is 11.5 Å². The highest BCUT2D eigenvalue weighted by Gasteiger charge is 2.25. The minimum absolute atomic E-state index is 0.263. The first-order valence-electron chi connectivity index (χ1n) is 12.4. The Kier molecular flexibility index (Phi) is 11.5. The number of nitrogens with zero attached hydrogens (tertiary/aromatic N) is 1. The summed E-state index contributed by atoms with van der Waals surface area (Å²) in [6.07, 6.45) is 2.83. The lowest BCUT2D eigenvalue weighted by atomic mass is 10.1. The number of carbonyl (C=O) groups excluding carboxylic acids is 2. The van der Waals surface area contributed by atoms with E-state index >= 15 is 0 Å². The van der Waals surface area contributed by atoms with E-state index in [9.17, 15) is 9.59 Å². The SMILES string of the molecule is CCCCOc1ccccc1/C=N\NC(=O)[C@H](Cc1ccccc1)NC(=O)[C@@H](C)Oc1ccc(Cl)cc1Cl. The van der Waals surface area contributed by atoms with Crippen LogP contribution in [0.15, 0.2) is 77.9 Å². The Morgan fingerprint density at radius 2 is 1.71 bits per heavy atom. The van der Waals surface area contributed by atoms with Crippen LogP contribution in [0.1, 0.15) is 37.8 Å². The topological polar surface area (TPSA) is 89.0 Å². The Balaban J connectivity index is 1.68. The molecule has 0 radical (unpaired) electrons. The summed E-state index contributed by atoms with van der Waals surface area (Å²) in [5.74, 6) is 0.0393. The lowest BCUT2D eigenvalue weighted by Crippen LogP contribution is -2.50. The Morgan fingerprint density at radius 1 is 0.974 bits per heavy atom. The van der Waals surface area contributed by atoms with Crippen LogP contribution >= 0.6 is 23.2 Å². The molecule has 0 spiro atoms. The van der Waals surface area contributed by atoms with Gasteiger partial charge in [0.15, 0.2) is 6.10 Å². The largest absolute Gasteiger partial charge is 0.493 e. The maximum absolute atomic E-state index is 13.1. The lowest BCUT2D eigenvalue weighted by Gasteiger charge is -2.21. The van der Waals surface area contributed by atoms with E-state index in [1.807, 2.05) is 54.6 Å². The second kappa shape index (κ2) is 15.0. The average molecular weight is 556 g/mol. The lowest BCUT2D eigenvalue weighted by molar-refractivity contribution is -0.132. The van der Waals surface area contributed by atoms with Crippen molar-refractivity contribution in [2.75, 3.05) is 6.61 Å². The van der Waals surface area contributed by atoms with Gasteiger partial charge in [-0.05, 0) is 49.2 Å². The Morgan fingerprint density at radius 3 is 2.45 bits per heavy atom. The fraction of sp³-hybridized carbons (Fsp3) is 0.276. The zero-order valence-corrected chi connectivity index (χ0v) is 22.8. The molecule has 3 aromatic carbocycles. The monoisotopic (exact) mass is 555 g/mol. The molecule has 3 rings (SSSR count). The van der Waals surface area contributed by atoms with Crippen LogP contribution in [0.25, 0.3) is 0 Å². The molecule has 9 heteroatoms. The number of hydrogen-bond donors (Lipinski definition) is 2. The molecule has 0 saturated carbocycles. The van der Waals surface area contributed by atoms with E-state index < -0.39 is 24.0 Å². The number of halogens is 2. The summed E-state index contributed by atoms with van der Waals surface area (Å²) in [4.78, 5) is 26.0. The smallest absolute Gasteiger partial charge is 0.262 e. The van der Waals surface area contributed by atoms with E-state index in [1.165, 1.54) is 12.3 Å². The summed E-state index contributed by atoms with van der Waals surface area (Å²) < 4.78 is 11.5. The molecule has 7 nitrogen and oxygen atoms in total. The molecule has 3 aromatic rings. The maximum Gasteiger partial charge on any atom is 0.262 e. The molecule has 0 fully saturated rings. The molecule has 0 bridgehead atoms. The van der Waals surface area contributed by atoms with Crippen LogP contribution in [0, 0.1) is 0 Å². The zero-order chi connectivity index (χ0) is 27.3. The predicted molar refractivity (Wildman–Crippen MR) is 151 cm³/mol. The Bertz CT molecular complexity index is 1240. The predicted octanol–water partition coefficient (Wildman–Crippen LogP) is 5.82. The van der Waals surface area contributed by atoms with Gasteiger partial charge in [0.25, 0.3) is 11.8 Å². The fourth-order valence-electron chi connectivity index (χ4n) is 3.45. The van der Waals surface area contributed by atoms with Gasteiger partial charge >= 0.3 is 0 Å². The molecule has 0 aliphatic rings. The van der Waals surface area contributed by atoms with E-state index in [-0.39, 0.29) is 11.4 Å². The van der Waals surface area contributed by atoms with Gasteiger partial charge in [-0.15, -0.1) is 0 Å². The standard InChI is InChI=1S/C29H31Cl2N3O4/c1-3-4-16-37-26-13-9-8-12-22(26)19-32-34-29(36)25(17-21-10-6-5-7-11-21)33-28(35)20(2)38-27-15-14-23(30)18-24(27)31/h5-15,18-20,25H,3-4,16-17H2,1-2H3,(H,33,35)(H,34,36)/b32-19-/t20-,25+/m1/s1. The third-order valence-electron chi connectivity index (χ3n) is 5.54. The molecule has 0 aliphatic carbocycles. The number of para-hydroxylation sites is 1. The van der Waals surface area contributed by atoms with E-state index in [4.69, 9.17) is 32.7 Å². The van der Waals surface area contributed by atoms with Gasteiger partial charge in [0.05, 0.1) is 17.8 Å². The van der Waals surface area contributed by atoms with E-state index in [2.05, 4.69) is 22.8 Å². The highest BCUT2D eigenvalue weighted by Crippen LogP contribution is 2.28. The van der Waals surface area contributed by atoms with Gasteiger partial charge in [0.1, 0.15) is 17.5 Å². The number of hydrazone groups is 1. The molecule has 38 heavy (non-hydrogen) atoms. The molecule has 2 N–H and O–H groups in total. The molecule has 0 saturated heterocycles. The third kappa shape index (κ3) is 9.08. The number of ether oxygens (including phenoxy) is 2. The Labute approximate surface area is 233 Å². The highest BCUT2D eigenvalue weighted by atomic mass is 35.5. The number of unbranched alkanes of at least 4 members (excludes halogenated alkanes) is 1.